The Bertz CT molecular complexity index is 840. The molecular formula is C25H32N2O3. The standard InChI is InChI=1S/C25H32N2O3/c1-20-5-4-7-23(19-20)27-17-15-26(16-18-27)14-3-2-6-21-8-10-22(11-9-21)24(28)12-13-25(29)30/h4-5,7-11,19H,2-3,6,12-18H2,1H3,(H,29,30). The SMILES string of the molecule is Cc1cccc(N2CCN(CCCCc3ccc(C(=O)CCC(=O)O)cc3)CC2)c1. The van der Waals surface area contributed by atoms with Crippen LogP contribution in [0.1, 0.15) is 47.2 Å². The van der Waals surface area contributed by atoms with E-state index in [1.54, 1.807) is 0 Å². The lowest BCUT2D eigenvalue weighted by Gasteiger charge is -2.36. The van der Waals surface area contributed by atoms with Crippen molar-refractivity contribution < 1.29 is 14.7 Å². The van der Waals surface area contributed by atoms with Crippen LogP contribution in [-0.4, -0.2) is 54.5 Å². The largest absolute Gasteiger partial charge is 0.481 e. The zero-order chi connectivity index (χ0) is 21.3. The number of anilines is 1. The Morgan fingerprint density at radius 1 is 0.933 bits per heavy atom. The molecule has 160 valence electrons. The van der Waals surface area contributed by atoms with Crippen molar-refractivity contribution in [2.75, 3.05) is 37.6 Å². The lowest BCUT2D eigenvalue weighted by Crippen LogP contribution is -2.46. The fraction of sp³-hybridized carbons (Fsp3) is 0.440. The maximum absolute atomic E-state index is 12.0. The summed E-state index contributed by atoms with van der Waals surface area (Å²) in [5.41, 5.74) is 4.48. The van der Waals surface area contributed by atoms with Gasteiger partial charge in [0.25, 0.3) is 0 Å². The molecule has 0 aromatic heterocycles. The number of carboxylic acids is 1. The highest BCUT2D eigenvalue weighted by Gasteiger charge is 2.16. The Kier molecular flexibility index (Phi) is 8.03. The molecule has 1 aliphatic heterocycles. The van der Waals surface area contributed by atoms with E-state index >= 15 is 0 Å². The van der Waals surface area contributed by atoms with Gasteiger partial charge in [-0.2, -0.15) is 0 Å². The minimum atomic E-state index is -0.934. The monoisotopic (exact) mass is 408 g/mol. The van der Waals surface area contributed by atoms with Crippen LogP contribution in [0.2, 0.25) is 0 Å². The maximum atomic E-state index is 12.0. The van der Waals surface area contributed by atoms with E-state index in [9.17, 15) is 9.59 Å². The summed E-state index contributed by atoms with van der Waals surface area (Å²) in [6, 6.07) is 16.4. The number of Topliss-reactive ketones (excluding diaryl/α,β-unsaturated/α-hetero) is 1. The molecule has 2 aromatic rings. The normalized spacial score (nSPS) is 14.6. The first-order valence-electron chi connectivity index (χ1n) is 10.9. The molecule has 0 atom stereocenters. The third-order valence-corrected chi connectivity index (χ3v) is 5.77. The predicted molar refractivity (Wildman–Crippen MR) is 120 cm³/mol. The van der Waals surface area contributed by atoms with Crippen LogP contribution in [0.4, 0.5) is 5.69 Å². The van der Waals surface area contributed by atoms with E-state index in [0.29, 0.717) is 5.56 Å². The van der Waals surface area contributed by atoms with Crippen molar-refractivity contribution in [3.8, 4) is 0 Å². The number of carboxylic acid groups (broad SMARTS) is 1. The average molecular weight is 409 g/mol. The lowest BCUT2D eigenvalue weighted by molar-refractivity contribution is -0.136. The van der Waals surface area contributed by atoms with Crippen LogP contribution in [-0.2, 0) is 11.2 Å². The molecule has 0 aliphatic carbocycles. The number of benzene rings is 2. The molecule has 30 heavy (non-hydrogen) atoms. The summed E-state index contributed by atoms with van der Waals surface area (Å²) >= 11 is 0. The third-order valence-electron chi connectivity index (χ3n) is 5.77. The molecule has 0 amide bonds. The number of aryl methyl sites for hydroxylation is 2. The summed E-state index contributed by atoms with van der Waals surface area (Å²) in [5, 5.41) is 8.69. The molecule has 5 nitrogen and oxygen atoms in total. The molecule has 0 unspecified atom stereocenters. The molecule has 1 saturated heterocycles. The zero-order valence-corrected chi connectivity index (χ0v) is 17.8. The number of piperazine rings is 1. The molecule has 1 heterocycles. The Balaban J connectivity index is 1.33. The topological polar surface area (TPSA) is 60.9 Å². The minimum absolute atomic E-state index is 0.0613. The molecule has 1 N–H and O–H groups in total. The molecule has 0 radical (unpaired) electrons. The van der Waals surface area contributed by atoms with Crippen LogP contribution in [0.5, 0.6) is 0 Å². The Labute approximate surface area is 179 Å². The summed E-state index contributed by atoms with van der Waals surface area (Å²) in [5.74, 6) is -1.04. The molecule has 3 rings (SSSR count). The first-order valence-corrected chi connectivity index (χ1v) is 10.9. The van der Waals surface area contributed by atoms with Gasteiger partial charge in [-0.25, -0.2) is 0 Å². The van der Waals surface area contributed by atoms with Gasteiger partial charge < -0.3 is 10.0 Å². The number of rotatable bonds is 10. The van der Waals surface area contributed by atoms with E-state index in [2.05, 4.69) is 41.0 Å². The van der Waals surface area contributed by atoms with E-state index in [-0.39, 0.29) is 18.6 Å². The fourth-order valence-electron chi connectivity index (χ4n) is 3.94. The zero-order valence-electron chi connectivity index (χ0n) is 17.8. The van der Waals surface area contributed by atoms with Crippen molar-refractivity contribution in [2.24, 2.45) is 0 Å². The van der Waals surface area contributed by atoms with Crippen LogP contribution in [0.15, 0.2) is 48.5 Å². The second kappa shape index (κ2) is 10.9. The maximum Gasteiger partial charge on any atom is 0.303 e. The number of carbonyl (C=O) groups excluding carboxylic acids is 1. The first-order chi connectivity index (χ1) is 14.5. The van der Waals surface area contributed by atoms with Gasteiger partial charge in [0.1, 0.15) is 0 Å². The number of unbranched alkanes of at least 4 members (excludes halogenated alkanes) is 1. The van der Waals surface area contributed by atoms with Gasteiger partial charge >= 0.3 is 5.97 Å². The van der Waals surface area contributed by atoms with Gasteiger partial charge in [0, 0.05) is 43.9 Å². The van der Waals surface area contributed by atoms with Gasteiger partial charge in [0.2, 0.25) is 0 Å². The molecule has 0 spiro atoms. The Morgan fingerprint density at radius 2 is 1.67 bits per heavy atom. The van der Waals surface area contributed by atoms with Crippen molar-refractivity contribution in [2.45, 2.75) is 39.0 Å². The van der Waals surface area contributed by atoms with Crippen LogP contribution < -0.4 is 4.90 Å². The number of aliphatic carboxylic acids is 1. The van der Waals surface area contributed by atoms with Gasteiger partial charge in [0.05, 0.1) is 6.42 Å². The number of carbonyl (C=O) groups is 2. The number of hydrogen-bond donors (Lipinski definition) is 1. The van der Waals surface area contributed by atoms with Gasteiger partial charge in [-0.15, -0.1) is 0 Å². The van der Waals surface area contributed by atoms with Gasteiger partial charge in [-0.05, 0) is 56.0 Å². The first kappa shape index (κ1) is 22.0. The Hall–Kier alpha value is -2.66. The van der Waals surface area contributed by atoms with Gasteiger partial charge in [-0.1, -0.05) is 36.4 Å². The van der Waals surface area contributed by atoms with E-state index < -0.39 is 5.97 Å². The van der Waals surface area contributed by atoms with E-state index in [1.807, 2.05) is 24.3 Å². The second-order valence-electron chi connectivity index (χ2n) is 8.14. The van der Waals surface area contributed by atoms with Crippen molar-refractivity contribution in [3.05, 3.63) is 65.2 Å². The summed E-state index contributed by atoms with van der Waals surface area (Å²) < 4.78 is 0. The lowest BCUT2D eigenvalue weighted by atomic mass is 10.0. The van der Waals surface area contributed by atoms with Crippen molar-refractivity contribution in [1.82, 2.24) is 4.90 Å². The van der Waals surface area contributed by atoms with Crippen LogP contribution >= 0.6 is 0 Å². The molecule has 5 heteroatoms. The van der Waals surface area contributed by atoms with Crippen LogP contribution in [0.3, 0.4) is 0 Å². The van der Waals surface area contributed by atoms with Crippen molar-refractivity contribution in [3.63, 3.8) is 0 Å². The fourth-order valence-corrected chi connectivity index (χ4v) is 3.94. The molecule has 1 fully saturated rings. The smallest absolute Gasteiger partial charge is 0.303 e. The quantitative estimate of drug-likeness (QED) is 0.472. The van der Waals surface area contributed by atoms with E-state index in [4.69, 9.17) is 5.11 Å². The van der Waals surface area contributed by atoms with Crippen LogP contribution in [0.25, 0.3) is 0 Å². The predicted octanol–water partition coefficient (Wildman–Crippen LogP) is 4.19. The molecule has 0 saturated carbocycles. The van der Waals surface area contributed by atoms with Gasteiger partial charge in [0.15, 0.2) is 5.78 Å². The summed E-state index contributed by atoms with van der Waals surface area (Å²) in [6.45, 7) is 7.67. The number of nitrogens with zero attached hydrogens (tertiary/aromatic N) is 2. The second-order valence-corrected chi connectivity index (χ2v) is 8.14. The van der Waals surface area contributed by atoms with Crippen LogP contribution in [0, 0.1) is 6.92 Å². The Morgan fingerprint density at radius 3 is 2.33 bits per heavy atom. The molecule has 1 aliphatic rings. The van der Waals surface area contributed by atoms with E-state index in [1.165, 1.54) is 23.2 Å². The summed E-state index contributed by atoms with van der Waals surface area (Å²) in [4.78, 5) is 27.6. The molecule has 0 bridgehead atoms. The highest BCUT2D eigenvalue weighted by Crippen LogP contribution is 2.18. The summed E-state index contributed by atoms with van der Waals surface area (Å²) in [6.07, 6.45) is 3.26. The number of hydrogen-bond acceptors (Lipinski definition) is 4. The highest BCUT2D eigenvalue weighted by molar-refractivity contribution is 5.97. The molecule has 2 aromatic carbocycles. The highest BCUT2D eigenvalue weighted by atomic mass is 16.4. The third kappa shape index (κ3) is 6.70. The minimum Gasteiger partial charge on any atom is -0.481 e. The van der Waals surface area contributed by atoms with Crippen molar-refractivity contribution in [1.29, 1.82) is 0 Å². The summed E-state index contributed by atoms with van der Waals surface area (Å²) in [7, 11) is 0. The van der Waals surface area contributed by atoms with Gasteiger partial charge in [-0.3, -0.25) is 14.5 Å². The molecular weight excluding hydrogens is 376 g/mol. The van der Waals surface area contributed by atoms with Crippen molar-refractivity contribution >= 4 is 17.4 Å². The van der Waals surface area contributed by atoms with E-state index in [0.717, 1.165) is 45.6 Å². The average Bonchev–Trinajstić information content (AvgIpc) is 2.76. The number of ketones is 1.